The van der Waals surface area contributed by atoms with Gasteiger partial charge in [0.1, 0.15) is 10.7 Å². The van der Waals surface area contributed by atoms with Gasteiger partial charge in [-0.3, -0.25) is 9.59 Å². The van der Waals surface area contributed by atoms with Gasteiger partial charge < -0.3 is 10.1 Å². The first-order valence-corrected chi connectivity index (χ1v) is 11.9. The molecular formula is C22H24ClFN2O5S. The maximum absolute atomic E-state index is 13.9. The number of nitrogens with zero attached hydrogens (tertiary/aromatic N) is 1. The minimum Gasteiger partial charge on any atom is -0.455 e. The maximum Gasteiger partial charge on any atom is 0.309 e. The molecule has 0 spiro atoms. The second-order valence-electron chi connectivity index (χ2n) is 7.70. The molecule has 0 bridgehead atoms. The van der Waals surface area contributed by atoms with E-state index in [4.69, 9.17) is 16.3 Å². The molecule has 0 radical (unpaired) electrons. The third-order valence-electron chi connectivity index (χ3n) is 5.28. The van der Waals surface area contributed by atoms with Crippen molar-refractivity contribution in [2.45, 2.75) is 31.6 Å². The average Bonchev–Trinajstić information content (AvgIpc) is 2.74. The maximum atomic E-state index is 13.9. The monoisotopic (exact) mass is 482 g/mol. The molecule has 0 saturated carbocycles. The summed E-state index contributed by atoms with van der Waals surface area (Å²) in [5, 5.41) is 3.04. The van der Waals surface area contributed by atoms with Crippen molar-refractivity contribution in [2.75, 3.05) is 25.0 Å². The Morgan fingerprint density at radius 1 is 1.19 bits per heavy atom. The van der Waals surface area contributed by atoms with Gasteiger partial charge in [-0.05, 0) is 56.0 Å². The van der Waals surface area contributed by atoms with E-state index < -0.39 is 40.2 Å². The Balaban J connectivity index is 1.52. The van der Waals surface area contributed by atoms with Crippen LogP contribution >= 0.6 is 11.6 Å². The lowest BCUT2D eigenvalue weighted by molar-refractivity contribution is -0.152. The largest absolute Gasteiger partial charge is 0.455 e. The van der Waals surface area contributed by atoms with Gasteiger partial charge in [0.25, 0.3) is 5.91 Å². The first kappa shape index (κ1) is 24.2. The van der Waals surface area contributed by atoms with Crippen LogP contribution in [0.3, 0.4) is 0 Å². The molecule has 0 atom stereocenters. The van der Waals surface area contributed by atoms with Crippen molar-refractivity contribution >= 4 is 39.2 Å². The second kappa shape index (κ2) is 9.97. The summed E-state index contributed by atoms with van der Waals surface area (Å²) in [4.78, 5) is 24.2. The third kappa shape index (κ3) is 5.46. The molecule has 1 N–H and O–H groups in total. The lowest BCUT2D eigenvalue weighted by Gasteiger charge is -2.30. The standard InChI is InChI=1S/C22H24ClFN2O5S/c1-14-11-15(2)21(17(23)12-14)25-20(27)13-31-22(28)16-7-9-26(10-8-16)32(29,30)19-6-4-3-5-18(19)24/h3-6,11-12,16H,7-10,13H2,1-2H3,(H,25,27). The van der Waals surface area contributed by atoms with Crippen molar-refractivity contribution in [1.82, 2.24) is 4.31 Å². The molecule has 10 heteroatoms. The highest BCUT2D eigenvalue weighted by Gasteiger charge is 2.34. The average molecular weight is 483 g/mol. The fourth-order valence-electron chi connectivity index (χ4n) is 3.63. The van der Waals surface area contributed by atoms with Crippen molar-refractivity contribution < 1.29 is 27.1 Å². The molecule has 0 aliphatic carbocycles. The number of carbonyl (C=O) groups is 2. The van der Waals surface area contributed by atoms with Crippen LogP contribution in [0.1, 0.15) is 24.0 Å². The number of carbonyl (C=O) groups excluding carboxylic acids is 2. The lowest BCUT2D eigenvalue weighted by Crippen LogP contribution is -2.41. The number of sulfonamides is 1. The van der Waals surface area contributed by atoms with Crippen LogP contribution in [0.2, 0.25) is 5.02 Å². The molecule has 1 heterocycles. The molecule has 0 unspecified atom stereocenters. The summed E-state index contributed by atoms with van der Waals surface area (Å²) in [5.41, 5.74) is 2.21. The molecule has 1 fully saturated rings. The fraction of sp³-hybridized carbons (Fsp3) is 0.364. The normalized spacial score (nSPS) is 15.4. The summed E-state index contributed by atoms with van der Waals surface area (Å²) in [6.45, 7) is 3.33. The summed E-state index contributed by atoms with van der Waals surface area (Å²) >= 11 is 6.17. The molecule has 172 valence electrons. The number of benzene rings is 2. The predicted molar refractivity (Wildman–Crippen MR) is 118 cm³/mol. The molecule has 1 aliphatic heterocycles. The van der Waals surface area contributed by atoms with E-state index in [1.54, 1.807) is 6.07 Å². The van der Waals surface area contributed by atoms with Crippen LogP contribution in [0.5, 0.6) is 0 Å². The number of amides is 1. The van der Waals surface area contributed by atoms with Gasteiger partial charge in [-0.1, -0.05) is 29.8 Å². The Labute approximate surface area is 191 Å². The zero-order valence-electron chi connectivity index (χ0n) is 17.7. The molecule has 1 aliphatic rings. The van der Waals surface area contributed by atoms with Gasteiger partial charge in [-0.2, -0.15) is 4.31 Å². The highest BCUT2D eigenvalue weighted by molar-refractivity contribution is 7.89. The summed E-state index contributed by atoms with van der Waals surface area (Å²) < 4.78 is 45.5. The highest BCUT2D eigenvalue weighted by Crippen LogP contribution is 2.28. The Bertz CT molecular complexity index is 1110. The Hall–Kier alpha value is -2.49. The van der Waals surface area contributed by atoms with Gasteiger partial charge in [-0.15, -0.1) is 0 Å². The zero-order chi connectivity index (χ0) is 23.5. The van der Waals surface area contributed by atoms with E-state index >= 15 is 0 Å². The fourth-order valence-corrected chi connectivity index (χ4v) is 5.53. The molecule has 2 aromatic rings. The number of piperidine rings is 1. The van der Waals surface area contributed by atoms with Crippen LogP contribution in [-0.4, -0.2) is 44.3 Å². The lowest BCUT2D eigenvalue weighted by atomic mass is 9.98. The van der Waals surface area contributed by atoms with E-state index in [-0.39, 0.29) is 30.8 Å². The van der Waals surface area contributed by atoms with Crippen LogP contribution in [0.4, 0.5) is 10.1 Å². The molecule has 3 rings (SSSR count). The van der Waals surface area contributed by atoms with E-state index in [1.807, 2.05) is 19.9 Å². The van der Waals surface area contributed by atoms with Gasteiger partial charge >= 0.3 is 5.97 Å². The smallest absolute Gasteiger partial charge is 0.309 e. The number of anilines is 1. The van der Waals surface area contributed by atoms with Crippen LogP contribution in [-0.2, 0) is 24.3 Å². The number of rotatable bonds is 6. The first-order chi connectivity index (χ1) is 15.1. The molecule has 7 nitrogen and oxygen atoms in total. The number of nitrogens with one attached hydrogen (secondary N) is 1. The number of hydrogen-bond donors (Lipinski definition) is 1. The predicted octanol–water partition coefficient (Wildman–Crippen LogP) is 3.68. The van der Waals surface area contributed by atoms with E-state index in [0.29, 0.717) is 10.7 Å². The van der Waals surface area contributed by atoms with Gasteiger partial charge in [0.05, 0.1) is 16.6 Å². The minimum atomic E-state index is -3.98. The van der Waals surface area contributed by atoms with Gasteiger partial charge in [0.15, 0.2) is 6.61 Å². The van der Waals surface area contributed by atoms with E-state index in [2.05, 4.69) is 5.32 Å². The van der Waals surface area contributed by atoms with E-state index in [9.17, 15) is 22.4 Å². The van der Waals surface area contributed by atoms with Crippen LogP contribution in [0.15, 0.2) is 41.3 Å². The van der Waals surface area contributed by atoms with Crippen molar-refractivity contribution in [1.29, 1.82) is 0 Å². The summed E-state index contributed by atoms with van der Waals surface area (Å²) in [5.74, 6) is -2.45. The summed E-state index contributed by atoms with van der Waals surface area (Å²) in [6.07, 6.45) is 0.439. The zero-order valence-corrected chi connectivity index (χ0v) is 19.3. The number of hydrogen-bond acceptors (Lipinski definition) is 5. The Kier molecular flexibility index (Phi) is 7.53. The van der Waals surface area contributed by atoms with Gasteiger partial charge in [0, 0.05) is 13.1 Å². The van der Waals surface area contributed by atoms with Crippen molar-refractivity contribution in [2.24, 2.45) is 5.92 Å². The first-order valence-electron chi connectivity index (χ1n) is 10.1. The van der Waals surface area contributed by atoms with E-state index in [0.717, 1.165) is 21.5 Å². The van der Waals surface area contributed by atoms with E-state index in [1.165, 1.54) is 18.2 Å². The van der Waals surface area contributed by atoms with Crippen molar-refractivity contribution in [3.05, 3.63) is 58.4 Å². The van der Waals surface area contributed by atoms with Crippen molar-refractivity contribution in [3.8, 4) is 0 Å². The summed E-state index contributed by atoms with van der Waals surface area (Å²) in [7, 11) is -3.98. The number of esters is 1. The highest BCUT2D eigenvalue weighted by atomic mass is 35.5. The number of aryl methyl sites for hydroxylation is 2. The quantitative estimate of drug-likeness (QED) is 0.634. The van der Waals surface area contributed by atoms with Crippen LogP contribution in [0, 0.1) is 25.6 Å². The molecule has 1 amide bonds. The summed E-state index contributed by atoms with van der Waals surface area (Å²) in [6, 6.07) is 8.77. The van der Waals surface area contributed by atoms with Gasteiger partial charge in [0.2, 0.25) is 10.0 Å². The second-order valence-corrected chi connectivity index (χ2v) is 10.0. The number of ether oxygens (including phenoxy) is 1. The Morgan fingerprint density at radius 2 is 1.84 bits per heavy atom. The Morgan fingerprint density at radius 3 is 2.47 bits per heavy atom. The molecular weight excluding hydrogens is 459 g/mol. The molecule has 2 aromatic carbocycles. The minimum absolute atomic E-state index is 0.0563. The van der Waals surface area contributed by atoms with Gasteiger partial charge in [-0.25, -0.2) is 12.8 Å². The molecule has 32 heavy (non-hydrogen) atoms. The third-order valence-corrected chi connectivity index (χ3v) is 7.51. The molecule has 1 saturated heterocycles. The topological polar surface area (TPSA) is 92.8 Å². The molecule has 0 aromatic heterocycles. The van der Waals surface area contributed by atoms with Crippen molar-refractivity contribution in [3.63, 3.8) is 0 Å². The van der Waals surface area contributed by atoms with Crippen LogP contribution < -0.4 is 5.32 Å². The number of halogens is 2. The SMILES string of the molecule is Cc1cc(C)c(NC(=O)COC(=O)C2CCN(S(=O)(=O)c3ccccc3F)CC2)c(Cl)c1. The van der Waals surface area contributed by atoms with Crippen LogP contribution in [0.25, 0.3) is 0 Å².